The molecule has 1 amide bonds. The van der Waals surface area contributed by atoms with Crippen LogP contribution in [0.15, 0.2) is 53.7 Å². The molecule has 0 fully saturated rings. The molecule has 0 aliphatic carbocycles. The lowest BCUT2D eigenvalue weighted by molar-refractivity contribution is -0.120. The molecule has 0 radical (unpaired) electrons. The molecule has 0 aliphatic rings. The summed E-state index contributed by atoms with van der Waals surface area (Å²) < 4.78 is 14.5. The van der Waals surface area contributed by atoms with Crippen molar-refractivity contribution in [3.8, 4) is 5.69 Å². The number of carbonyl (C=O) groups is 1. The summed E-state index contributed by atoms with van der Waals surface area (Å²) in [5, 5.41) is 15.1. The number of amides is 1. The lowest BCUT2D eigenvalue weighted by Gasteiger charge is -2.12. The number of hydrogen-bond donors (Lipinski definition) is 1. The van der Waals surface area contributed by atoms with E-state index in [0.29, 0.717) is 16.7 Å². The quantitative estimate of drug-likeness (QED) is 0.653. The Morgan fingerprint density at radius 2 is 1.92 bits per heavy atom. The van der Waals surface area contributed by atoms with Gasteiger partial charge in [-0.2, -0.15) is 4.68 Å². The molecular weight excluding hydrogens is 377 g/mol. The maximum Gasteiger partial charge on any atom is 0.233 e. The molecule has 1 heterocycles. The Balaban J connectivity index is 1.62. The second-order valence-corrected chi connectivity index (χ2v) is 7.20. The zero-order chi connectivity index (χ0) is 18.5. The van der Waals surface area contributed by atoms with Crippen molar-refractivity contribution in [2.24, 2.45) is 0 Å². The smallest absolute Gasteiger partial charge is 0.233 e. The Kier molecular flexibility index (Phi) is 5.85. The van der Waals surface area contributed by atoms with Gasteiger partial charge in [-0.05, 0) is 59.3 Å². The normalized spacial score (nSPS) is 12.0. The van der Waals surface area contributed by atoms with Crippen molar-refractivity contribution in [1.29, 1.82) is 0 Å². The van der Waals surface area contributed by atoms with E-state index in [-0.39, 0.29) is 11.7 Å². The van der Waals surface area contributed by atoms with E-state index in [0.717, 1.165) is 11.3 Å². The van der Waals surface area contributed by atoms with Crippen molar-refractivity contribution in [2.45, 2.75) is 23.9 Å². The summed E-state index contributed by atoms with van der Waals surface area (Å²) in [7, 11) is 0. The molecule has 0 spiro atoms. The molecule has 0 saturated carbocycles. The molecule has 1 N–H and O–H groups in total. The van der Waals surface area contributed by atoms with Crippen LogP contribution in [0.25, 0.3) is 5.69 Å². The molecule has 134 valence electrons. The van der Waals surface area contributed by atoms with Crippen LogP contribution in [0.5, 0.6) is 0 Å². The van der Waals surface area contributed by atoms with Gasteiger partial charge in [-0.25, -0.2) is 4.39 Å². The van der Waals surface area contributed by atoms with Crippen molar-refractivity contribution in [2.75, 3.05) is 0 Å². The highest BCUT2D eigenvalue weighted by molar-refractivity contribution is 8.00. The highest BCUT2D eigenvalue weighted by Crippen LogP contribution is 2.23. The Morgan fingerprint density at radius 1 is 1.23 bits per heavy atom. The Labute approximate surface area is 158 Å². The Hall–Kier alpha value is -2.45. The van der Waals surface area contributed by atoms with Crippen molar-refractivity contribution < 1.29 is 9.18 Å². The molecule has 26 heavy (non-hydrogen) atoms. The van der Waals surface area contributed by atoms with Crippen molar-refractivity contribution in [3.63, 3.8) is 0 Å². The topological polar surface area (TPSA) is 72.7 Å². The second kappa shape index (κ2) is 8.29. The average molecular weight is 392 g/mol. The van der Waals surface area contributed by atoms with Gasteiger partial charge in [0.2, 0.25) is 11.1 Å². The Bertz CT molecular complexity index is 885. The van der Waals surface area contributed by atoms with E-state index in [4.69, 9.17) is 11.6 Å². The molecule has 2 aromatic carbocycles. The van der Waals surface area contributed by atoms with Crippen LogP contribution < -0.4 is 5.32 Å². The third-order valence-corrected chi connectivity index (χ3v) is 4.83. The van der Waals surface area contributed by atoms with E-state index in [1.54, 1.807) is 48.0 Å². The van der Waals surface area contributed by atoms with Gasteiger partial charge < -0.3 is 5.32 Å². The van der Waals surface area contributed by atoms with Gasteiger partial charge in [0.05, 0.1) is 10.9 Å². The van der Waals surface area contributed by atoms with Gasteiger partial charge in [-0.3, -0.25) is 4.79 Å². The number of carbonyl (C=O) groups excluding carboxylic acids is 1. The average Bonchev–Trinajstić information content (AvgIpc) is 3.09. The summed E-state index contributed by atoms with van der Waals surface area (Å²) in [5.41, 5.74) is 1.57. The molecule has 9 heteroatoms. The molecule has 3 aromatic rings. The summed E-state index contributed by atoms with van der Waals surface area (Å²) >= 11 is 7.14. The molecule has 1 unspecified atom stereocenters. The summed E-state index contributed by atoms with van der Waals surface area (Å²) in [4.78, 5) is 12.3. The predicted molar refractivity (Wildman–Crippen MR) is 97.7 cm³/mol. The van der Waals surface area contributed by atoms with Crippen LogP contribution in [0, 0.1) is 5.82 Å². The first-order chi connectivity index (χ1) is 12.5. The van der Waals surface area contributed by atoms with Crippen LogP contribution in [0.2, 0.25) is 5.02 Å². The van der Waals surface area contributed by atoms with E-state index >= 15 is 0 Å². The fraction of sp³-hybridized carbons (Fsp3) is 0.176. The van der Waals surface area contributed by atoms with Gasteiger partial charge in [-0.1, -0.05) is 35.5 Å². The molecule has 6 nitrogen and oxygen atoms in total. The van der Waals surface area contributed by atoms with Crippen LogP contribution in [0.4, 0.5) is 4.39 Å². The lowest BCUT2D eigenvalue weighted by Crippen LogP contribution is -2.30. The Morgan fingerprint density at radius 3 is 2.62 bits per heavy atom. The number of tetrazole rings is 1. The van der Waals surface area contributed by atoms with Gasteiger partial charge >= 0.3 is 0 Å². The van der Waals surface area contributed by atoms with E-state index < -0.39 is 5.25 Å². The number of halogens is 2. The largest absolute Gasteiger partial charge is 0.351 e. The maximum absolute atomic E-state index is 12.9. The van der Waals surface area contributed by atoms with Crippen LogP contribution >= 0.6 is 23.4 Å². The number of benzene rings is 2. The van der Waals surface area contributed by atoms with Crippen LogP contribution in [0.3, 0.4) is 0 Å². The standard InChI is InChI=1S/C17H15ClFN5OS/c1-11(16(25)20-10-12-2-6-14(19)7-3-12)26-17-21-22-23-24(17)15-8-4-13(18)5-9-15/h2-9,11H,10H2,1H3,(H,20,25). The first-order valence-electron chi connectivity index (χ1n) is 7.76. The number of nitrogens with zero attached hydrogens (tertiary/aromatic N) is 4. The van der Waals surface area contributed by atoms with E-state index in [2.05, 4.69) is 20.8 Å². The highest BCUT2D eigenvalue weighted by Gasteiger charge is 2.19. The summed E-state index contributed by atoms with van der Waals surface area (Å²) in [6.07, 6.45) is 0. The third-order valence-electron chi connectivity index (χ3n) is 3.54. The zero-order valence-corrected chi connectivity index (χ0v) is 15.3. The minimum atomic E-state index is -0.410. The van der Waals surface area contributed by atoms with Crippen molar-refractivity contribution in [3.05, 3.63) is 64.9 Å². The number of rotatable bonds is 6. The fourth-order valence-electron chi connectivity index (χ4n) is 2.14. The molecule has 0 bridgehead atoms. The minimum absolute atomic E-state index is 0.162. The maximum atomic E-state index is 12.9. The van der Waals surface area contributed by atoms with Crippen LogP contribution in [0.1, 0.15) is 12.5 Å². The molecule has 1 aromatic heterocycles. The van der Waals surface area contributed by atoms with Crippen LogP contribution in [-0.4, -0.2) is 31.4 Å². The van der Waals surface area contributed by atoms with Crippen molar-refractivity contribution in [1.82, 2.24) is 25.5 Å². The van der Waals surface area contributed by atoms with Gasteiger partial charge in [0.1, 0.15) is 5.82 Å². The molecule has 3 rings (SSSR count). The monoisotopic (exact) mass is 391 g/mol. The summed E-state index contributed by atoms with van der Waals surface area (Å²) in [6, 6.07) is 13.1. The van der Waals surface area contributed by atoms with E-state index in [1.165, 1.54) is 23.9 Å². The van der Waals surface area contributed by atoms with Crippen LogP contribution in [-0.2, 0) is 11.3 Å². The molecule has 0 saturated heterocycles. The predicted octanol–water partition coefficient (Wildman–Crippen LogP) is 3.25. The van der Waals surface area contributed by atoms with E-state index in [9.17, 15) is 9.18 Å². The first-order valence-corrected chi connectivity index (χ1v) is 9.02. The first kappa shape index (κ1) is 18.3. The second-order valence-electron chi connectivity index (χ2n) is 5.45. The molecule has 1 atom stereocenters. The highest BCUT2D eigenvalue weighted by atomic mass is 35.5. The molecule has 0 aliphatic heterocycles. The number of aromatic nitrogens is 4. The number of nitrogens with one attached hydrogen (secondary N) is 1. The molecular formula is C17H15ClFN5OS. The van der Waals surface area contributed by atoms with Gasteiger partial charge in [0.25, 0.3) is 0 Å². The van der Waals surface area contributed by atoms with Gasteiger partial charge in [0, 0.05) is 11.6 Å². The van der Waals surface area contributed by atoms with Gasteiger partial charge in [0.15, 0.2) is 0 Å². The van der Waals surface area contributed by atoms with Crippen molar-refractivity contribution >= 4 is 29.3 Å². The van der Waals surface area contributed by atoms with Gasteiger partial charge in [-0.15, -0.1) is 5.10 Å². The summed E-state index contributed by atoms with van der Waals surface area (Å²) in [6.45, 7) is 2.09. The van der Waals surface area contributed by atoms with E-state index in [1.807, 2.05) is 0 Å². The lowest BCUT2D eigenvalue weighted by atomic mass is 10.2. The zero-order valence-electron chi connectivity index (χ0n) is 13.8. The SMILES string of the molecule is CC(Sc1nnnn1-c1ccc(Cl)cc1)C(=O)NCc1ccc(F)cc1. The third kappa shape index (κ3) is 4.59. The minimum Gasteiger partial charge on any atom is -0.351 e. The number of thioether (sulfide) groups is 1. The fourth-order valence-corrected chi connectivity index (χ4v) is 3.10. The number of hydrogen-bond acceptors (Lipinski definition) is 5. The summed E-state index contributed by atoms with van der Waals surface area (Å²) in [5.74, 6) is -0.469.